The third-order valence-corrected chi connectivity index (χ3v) is 4.04. The molecule has 1 amide bonds. The average molecular weight is 452 g/mol. The number of nitrogens with one attached hydrogen (secondary N) is 1. The molecule has 0 unspecified atom stereocenters. The lowest BCUT2D eigenvalue weighted by Gasteiger charge is -2.16. The van der Waals surface area contributed by atoms with Gasteiger partial charge in [-0.25, -0.2) is 5.43 Å². The molecule has 0 saturated heterocycles. The molecule has 166 valence electrons. The molecule has 0 atom stereocenters. The number of rotatable bonds is 10. The van der Waals surface area contributed by atoms with Crippen molar-refractivity contribution in [3.63, 3.8) is 0 Å². The SMILES string of the molecule is CCOc1cc(C(=O)N/N=C/c2cc(Cl)cc([N+](=O)[O-])c2O)cc(OCC)c1OCC. The summed E-state index contributed by atoms with van der Waals surface area (Å²) in [4.78, 5) is 22.8. The summed E-state index contributed by atoms with van der Waals surface area (Å²) >= 11 is 5.83. The Morgan fingerprint density at radius 3 is 2.23 bits per heavy atom. The van der Waals surface area contributed by atoms with Crippen LogP contribution in [0.25, 0.3) is 0 Å². The number of phenols is 1. The lowest BCUT2D eigenvalue weighted by molar-refractivity contribution is -0.385. The van der Waals surface area contributed by atoms with Gasteiger partial charge in [-0.05, 0) is 39.0 Å². The second-order valence-electron chi connectivity index (χ2n) is 5.92. The van der Waals surface area contributed by atoms with E-state index in [1.54, 1.807) is 13.8 Å². The summed E-state index contributed by atoms with van der Waals surface area (Å²) < 4.78 is 16.7. The second-order valence-corrected chi connectivity index (χ2v) is 6.36. The van der Waals surface area contributed by atoms with Crippen molar-refractivity contribution in [2.45, 2.75) is 20.8 Å². The van der Waals surface area contributed by atoms with E-state index in [0.717, 1.165) is 12.3 Å². The molecular formula is C20H22ClN3O7. The van der Waals surface area contributed by atoms with Crippen LogP contribution in [0.1, 0.15) is 36.7 Å². The van der Waals surface area contributed by atoms with E-state index in [-0.39, 0.29) is 16.1 Å². The van der Waals surface area contributed by atoms with Gasteiger partial charge in [0.25, 0.3) is 5.91 Å². The lowest BCUT2D eigenvalue weighted by atomic mass is 10.1. The Morgan fingerprint density at radius 1 is 1.13 bits per heavy atom. The number of nitro groups is 1. The molecule has 2 aromatic rings. The van der Waals surface area contributed by atoms with Crippen LogP contribution in [0.4, 0.5) is 5.69 Å². The number of phenolic OH excluding ortho intramolecular Hbond substituents is 1. The van der Waals surface area contributed by atoms with Crippen molar-refractivity contribution in [3.8, 4) is 23.0 Å². The van der Waals surface area contributed by atoms with Crippen molar-refractivity contribution in [1.29, 1.82) is 0 Å². The van der Waals surface area contributed by atoms with Crippen LogP contribution in [0.5, 0.6) is 23.0 Å². The number of hydrogen-bond acceptors (Lipinski definition) is 8. The first-order valence-electron chi connectivity index (χ1n) is 9.39. The van der Waals surface area contributed by atoms with Crippen LogP contribution in [0.3, 0.4) is 0 Å². The molecular weight excluding hydrogens is 430 g/mol. The number of amides is 1. The van der Waals surface area contributed by atoms with E-state index < -0.39 is 22.3 Å². The maximum absolute atomic E-state index is 12.6. The lowest BCUT2D eigenvalue weighted by Crippen LogP contribution is -2.18. The molecule has 0 saturated carbocycles. The summed E-state index contributed by atoms with van der Waals surface area (Å²) in [6, 6.07) is 5.27. The number of hydrazone groups is 1. The standard InChI is InChI=1S/C20H22ClN3O7/c1-4-29-16-8-12(9-17(30-5-2)19(16)31-6-3)20(26)23-22-11-13-7-14(21)10-15(18(13)25)24(27)28/h7-11,25H,4-6H2,1-3H3,(H,23,26)/b22-11+. The fourth-order valence-electron chi connectivity index (χ4n) is 2.59. The average Bonchev–Trinajstić information content (AvgIpc) is 2.72. The highest BCUT2D eigenvalue weighted by Crippen LogP contribution is 2.39. The fourth-order valence-corrected chi connectivity index (χ4v) is 2.81. The monoisotopic (exact) mass is 451 g/mol. The van der Waals surface area contributed by atoms with Gasteiger partial charge in [0.05, 0.1) is 31.0 Å². The van der Waals surface area contributed by atoms with Crippen molar-refractivity contribution >= 4 is 29.4 Å². The summed E-state index contributed by atoms with van der Waals surface area (Å²) in [6.07, 6.45) is 1.05. The Labute approximate surface area is 183 Å². The van der Waals surface area contributed by atoms with Gasteiger partial charge in [-0.15, -0.1) is 0 Å². The van der Waals surface area contributed by atoms with Gasteiger partial charge in [-0.3, -0.25) is 14.9 Å². The zero-order valence-corrected chi connectivity index (χ0v) is 17.9. The van der Waals surface area contributed by atoms with E-state index in [2.05, 4.69) is 10.5 Å². The third-order valence-electron chi connectivity index (χ3n) is 3.82. The third kappa shape index (κ3) is 5.98. The van der Waals surface area contributed by atoms with Crippen LogP contribution >= 0.6 is 11.6 Å². The fraction of sp³-hybridized carbons (Fsp3) is 0.300. The van der Waals surface area contributed by atoms with Gasteiger partial charge in [0.1, 0.15) is 0 Å². The van der Waals surface area contributed by atoms with Gasteiger partial charge in [0.15, 0.2) is 11.5 Å². The summed E-state index contributed by atoms with van der Waals surface area (Å²) in [5.41, 5.74) is 1.87. The Hall–Kier alpha value is -3.53. The number of nitro benzene ring substituents is 1. The van der Waals surface area contributed by atoms with Crippen molar-refractivity contribution in [2.24, 2.45) is 5.10 Å². The van der Waals surface area contributed by atoms with E-state index in [4.69, 9.17) is 25.8 Å². The van der Waals surface area contributed by atoms with Gasteiger partial charge in [0, 0.05) is 22.2 Å². The molecule has 11 heteroatoms. The highest BCUT2D eigenvalue weighted by Gasteiger charge is 2.19. The normalized spacial score (nSPS) is 10.7. The summed E-state index contributed by atoms with van der Waals surface area (Å²) in [5.74, 6) is -0.148. The number of benzene rings is 2. The Kier molecular flexibility index (Phi) is 8.44. The summed E-state index contributed by atoms with van der Waals surface area (Å²) in [6.45, 7) is 6.48. The molecule has 0 aromatic heterocycles. The van der Waals surface area contributed by atoms with E-state index in [0.29, 0.717) is 37.1 Å². The number of carbonyl (C=O) groups is 1. The van der Waals surface area contributed by atoms with Crippen LogP contribution in [0.2, 0.25) is 5.02 Å². The van der Waals surface area contributed by atoms with Gasteiger partial charge in [0.2, 0.25) is 11.5 Å². The van der Waals surface area contributed by atoms with Crippen molar-refractivity contribution < 1.29 is 29.0 Å². The quantitative estimate of drug-likeness (QED) is 0.318. The molecule has 2 aromatic carbocycles. The molecule has 0 heterocycles. The number of carbonyl (C=O) groups excluding carboxylic acids is 1. The summed E-state index contributed by atoms with van der Waals surface area (Å²) in [7, 11) is 0. The smallest absolute Gasteiger partial charge is 0.312 e. The number of hydrogen-bond donors (Lipinski definition) is 2. The predicted octanol–water partition coefficient (Wildman–Crippen LogP) is 3.91. The molecule has 0 radical (unpaired) electrons. The molecule has 2 rings (SSSR count). The van der Waals surface area contributed by atoms with Gasteiger partial charge >= 0.3 is 5.69 Å². The second kappa shape index (κ2) is 11.0. The van der Waals surface area contributed by atoms with Crippen molar-refractivity contribution in [2.75, 3.05) is 19.8 Å². The first-order chi connectivity index (χ1) is 14.8. The molecule has 10 nitrogen and oxygen atoms in total. The first kappa shape index (κ1) is 23.7. The topological polar surface area (TPSA) is 133 Å². The highest BCUT2D eigenvalue weighted by molar-refractivity contribution is 6.31. The van der Waals surface area contributed by atoms with Crippen LogP contribution in [0, 0.1) is 10.1 Å². The number of halogens is 1. The van der Waals surface area contributed by atoms with Gasteiger partial charge in [-0.1, -0.05) is 11.6 Å². The largest absolute Gasteiger partial charge is 0.502 e. The number of nitrogens with zero attached hydrogens (tertiary/aromatic N) is 2. The van der Waals surface area contributed by atoms with Crippen molar-refractivity contribution in [1.82, 2.24) is 5.43 Å². The van der Waals surface area contributed by atoms with E-state index in [9.17, 15) is 20.0 Å². The maximum Gasteiger partial charge on any atom is 0.312 e. The minimum atomic E-state index is -0.776. The van der Waals surface area contributed by atoms with Crippen molar-refractivity contribution in [3.05, 3.63) is 50.5 Å². The number of ether oxygens (including phenoxy) is 3. The molecule has 2 N–H and O–H groups in total. The molecule has 0 aliphatic carbocycles. The Morgan fingerprint density at radius 2 is 1.71 bits per heavy atom. The van der Waals surface area contributed by atoms with E-state index >= 15 is 0 Å². The molecule has 0 fully saturated rings. The van der Waals surface area contributed by atoms with Crippen LogP contribution < -0.4 is 19.6 Å². The van der Waals surface area contributed by atoms with E-state index in [1.807, 2.05) is 6.92 Å². The zero-order valence-electron chi connectivity index (χ0n) is 17.2. The molecule has 0 spiro atoms. The van der Waals surface area contributed by atoms with Gasteiger partial charge in [-0.2, -0.15) is 5.10 Å². The summed E-state index contributed by atoms with van der Waals surface area (Å²) in [5, 5.41) is 24.7. The number of aromatic hydroxyl groups is 1. The molecule has 0 aliphatic heterocycles. The Balaban J connectivity index is 2.30. The minimum absolute atomic E-state index is 0.0313. The van der Waals surface area contributed by atoms with Crippen LogP contribution in [-0.2, 0) is 0 Å². The van der Waals surface area contributed by atoms with E-state index in [1.165, 1.54) is 18.2 Å². The zero-order chi connectivity index (χ0) is 23.0. The van der Waals surface area contributed by atoms with Gasteiger partial charge < -0.3 is 19.3 Å². The molecule has 0 aliphatic rings. The molecule has 0 bridgehead atoms. The van der Waals surface area contributed by atoms with Crippen LogP contribution in [0.15, 0.2) is 29.4 Å². The van der Waals surface area contributed by atoms with Crippen LogP contribution in [-0.4, -0.2) is 42.0 Å². The minimum Gasteiger partial charge on any atom is -0.502 e. The first-order valence-corrected chi connectivity index (χ1v) is 9.76. The predicted molar refractivity (Wildman–Crippen MR) is 115 cm³/mol. The molecule has 31 heavy (non-hydrogen) atoms. The Bertz CT molecular complexity index is 968. The highest BCUT2D eigenvalue weighted by atomic mass is 35.5. The maximum atomic E-state index is 12.6.